The Morgan fingerprint density at radius 3 is 2.53 bits per heavy atom. The van der Waals surface area contributed by atoms with E-state index in [1.807, 2.05) is 30.3 Å². The second kappa shape index (κ2) is 5.80. The molecule has 0 spiro atoms. The largest absolute Gasteiger partial charge is 0.488 e. The highest BCUT2D eigenvalue weighted by atomic mass is 16.7. The van der Waals surface area contributed by atoms with Crippen LogP contribution in [0.4, 0.5) is 0 Å². The summed E-state index contributed by atoms with van der Waals surface area (Å²) in [5.41, 5.74) is 0.606. The van der Waals surface area contributed by atoms with Crippen LogP contribution >= 0.6 is 0 Å². The Balaban J connectivity index is 2.37. The second-order valence-corrected chi connectivity index (χ2v) is 3.01. The Kier molecular flexibility index (Phi) is 4.34. The molecule has 1 rings (SSSR count). The molecule has 0 amide bonds. The van der Waals surface area contributed by atoms with Crippen LogP contribution in [0.25, 0.3) is 0 Å². The number of para-hydroxylation sites is 1. The zero-order valence-electron chi connectivity index (χ0n) is 8.77. The molecule has 0 fully saturated rings. The fourth-order valence-electron chi connectivity index (χ4n) is 0.873. The van der Waals surface area contributed by atoms with Gasteiger partial charge in [0.05, 0.1) is 5.71 Å². The molecule has 0 saturated heterocycles. The molecule has 0 bridgehead atoms. The van der Waals surface area contributed by atoms with E-state index in [-0.39, 0.29) is 0 Å². The van der Waals surface area contributed by atoms with Crippen LogP contribution in [0.15, 0.2) is 35.5 Å². The molecule has 0 saturated carbocycles. The SMILES string of the molecule is CC(=O)ON=C(C)COc1ccccc1. The van der Waals surface area contributed by atoms with Crippen molar-refractivity contribution in [1.29, 1.82) is 0 Å². The maximum atomic E-state index is 10.5. The number of ether oxygens (including phenoxy) is 1. The lowest BCUT2D eigenvalue weighted by molar-refractivity contribution is -0.140. The molecule has 1 aromatic carbocycles. The zero-order chi connectivity index (χ0) is 11.1. The molecule has 4 nitrogen and oxygen atoms in total. The van der Waals surface area contributed by atoms with Crippen LogP contribution in [0.1, 0.15) is 13.8 Å². The van der Waals surface area contributed by atoms with Gasteiger partial charge in [0.2, 0.25) is 0 Å². The molecule has 0 N–H and O–H groups in total. The number of carbonyl (C=O) groups excluding carboxylic acids is 1. The quantitative estimate of drug-likeness (QED) is 0.431. The number of benzene rings is 1. The van der Waals surface area contributed by atoms with Crippen LogP contribution in [0.2, 0.25) is 0 Å². The van der Waals surface area contributed by atoms with Gasteiger partial charge in [-0.2, -0.15) is 0 Å². The summed E-state index contributed by atoms with van der Waals surface area (Å²) in [5.74, 6) is 0.323. The van der Waals surface area contributed by atoms with Crippen molar-refractivity contribution in [3.05, 3.63) is 30.3 Å². The van der Waals surface area contributed by atoms with E-state index < -0.39 is 5.97 Å². The third-order valence-electron chi connectivity index (χ3n) is 1.52. The number of rotatable bonds is 4. The molecule has 1 aromatic rings. The van der Waals surface area contributed by atoms with Crippen molar-refractivity contribution in [2.24, 2.45) is 5.16 Å². The lowest BCUT2D eigenvalue weighted by Gasteiger charge is -2.04. The summed E-state index contributed by atoms with van der Waals surface area (Å²) in [6.07, 6.45) is 0. The smallest absolute Gasteiger partial charge is 0.331 e. The molecule has 0 aromatic heterocycles. The van der Waals surface area contributed by atoms with Gasteiger partial charge in [-0.1, -0.05) is 23.4 Å². The molecule has 0 unspecified atom stereocenters. The summed E-state index contributed by atoms with van der Waals surface area (Å²) >= 11 is 0. The number of nitrogens with zero attached hydrogens (tertiary/aromatic N) is 1. The normalized spacial score (nSPS) is 10.9. The minimum absolute atomic E-state index is 0.303. The molecule has 0 aliphatic rings. The summed E-state index contributed by atoms with van der Waals surface area (Å²) in [7, 11) is 0. The number of carbonyl (C=O) groups is 1. The maximum absolute atomic E-state index is 10.5. The fraction of sp³-hybridized carbons (Fsp3) is 0.273. The van der Waals surface area contributed by atoms with Gasteiger partial charge in [0.15, 0.2) is 0 Å². The Morgan fingerprint density at radius 1 is 1.27 bits per heavy atom. The van der Waals surface area contributed by atoms with E-state index in [0.29, 0.717) is 12.3 Å². The highest BCUT2D eigenvalue weighted by Gasteiger charge is 1.96. The summed E-state index contributed by atoms with van der Waals surface area (Å²) in [4.78, 5) is 14.9. The maximum Gasteiger partial charge on any atom is 0.331 e. The summed E-state index contributed by atoms with van der Waals surface area (Å²) in [5, 5.41) is 3.58. The zero-order valence-corrected chi connectivity index (χ0v) is 8.77. The van der Waals surface area contributed by atoms with Crippen molar-refractivity contribution < 1.29 is 14.4 Å². The second-order valence-electron chi connectivity index (χ2n) is 3.01. The minimum Gasteiger partial charge on any atom is -0.488 e. The van der Waals surface area contributed by atoms with Gasteiger partial charge in [-0.3, -0.25) is 0 Å². The van der Waals surface area contributed by atoms with Gasteiger partial charge in [0.1, 0.15) is 12.4 Å². The first kappa shape index (κ1) is 11.2. The van der Waals surface area contributed by atoms with E-state index in [4.69, 9.17) is 4.74 Å². The van der Waals surface area contributed by atoms with Crippen LogP contribution < -0.4 is 4.74 Å². The Labute approximate surface area is 88.5 Å². The van der Waals surface area contributed by atoms with E-state index in [0.717, 1.165) is 5.75 Å². The van der Waals surface area contributed by atoms with Gasteiger partial charge in [0, 0.05) is 6.92 Å². The molecule has 80 valence electrons. The van der Waals surface area contributed by atoms with E-state index in [1.54, 1.807) is 6.92 Å². The summed E-state index contributed by atoms with van der Waals surface area (Å²) in [6, 6.07) is 9.37. The molecule has 0 heterocycles. The Hall–Kier alpha value is -1.84. The minimum atomic E-state index is -0.436. The lowest BCUT2D eigenvalue weighted by Crippen LogP contribution is -2.08. The van der Waals surface area contributed by atoms with Gasteiger partial charge >= 0.3 is 5.97 Å². The molecule has 15 heavy (non-hydrogen) atoms. The Morgan fingerprint density at radius 2 is 1.93 bits per heavy atom. The number of oxime groups is 1. The van der Waals surface area contributed by atoms with E-state index in [1.165, 1.54) is 6.92 Å². The molecular weight excluding hydrogens is 194 g/mol. The van der Waals surface area contributed by atoms with Gasteiger partial charge in [0.25, 0.3) is 0 Å². The highest BCUT2D eigenvalue weighted by Crippen LogP contribution is 2.07. The molecular formula is C11H13NO3. The molecule has 0 radical (unpaired) electrons. The first-order valence-electron chi connectivity index (χ1n) is 4.57. The van der Waals surface area contributed by atoms with Gasteiger partial charge in [-0.25, -0.2) is 4.79 Å². The fourth-order valence-corrected chi connectivity index (χ4v) is 0.873. The standard InChI is InChI=1S/C11H13NO3/c1-9(12-15-10(2)13)8-14-11-6-4-3-5-7-11/h3-7H,8H2,1-2H3. The van der Waals surface area contributed by atoms with E-state index >= 15 is 0 Å². The van der Waals surface area contributed by atoms with E-state index in [9.17, 15) is 4.79 Å². The molecule has 0 aliphatic carbocycles. The van der Waals surface area contributed by atoms with Crippen LogP contribution in [-0.2, 0) is 9.63 Å². The first-order valence-corrected chi connectivity index (χ1v) is 4.57. The molecule has 0 atom stereocenters. The summed E-state index contributed by atoms with van der Waals surface area (Å²) in [6.45, 7) is 3.33. The van der Waals surface area contributed by atoms with Crippen LogP contribution in [-0.4, -0.2) is 18.3 Å². The van der Waals surface area contributed by atoms with Crippen molar-refractivity contribution >= 4 is 11.7 Å². The van der Waals surface area contributed by atoms with Crippen LogP contribution in [0, 0.1) is 0 Å². The van der Waals surface area contributed by atoms with Crippen molar-refractivity contribution in [3.63, 3.8) is 0 Å². The Bertz CT molecular complexity index is 346. The molecule has 0 aliphatic heterocycles. The first-order chi connectivity index (χ1) is 7.18. The van der Waals surface area contributed by atoms with Gasteiger partial charge in [-0.05, 0) is 19.1 Å². The van der Waals surface area contributed by atoms with Crippen molar-refractivity contribution in [2.75, 3.05) is 6.61 Å². The average Bonchev–Trinajstić information content (AvgIpc) is 2.25. The third-order valence-corrected chi connectivity index (χ3v) is 1.52. The van der Waals surface area contributed by atoms with Crippen molar-refractivity contribution in [2.45, 2.75) is 13.8 Å². The predicted molar refractivity (Wildman–Crippen MR) is 56.8 cm³/mol. The lowest BCUT2D eigenvalue weighted by atomic mass is 10.3. The number of hydrogen-bond donors (Lipinski definition) is 0. The monoisotopic (exact) mass is 207 g/mol. The van der Waals surface area contributed by atoms with E-state index in [2.05, 4.69) is 9.99 Å². The third kappa shape index (κ3) is 4.81. The van der Waals surface area contributed by atoms with Gasteiger partial charge in [-0.15, -0.1) is 0 Å². The number of hydrogen-bond acceptors (Lipinski definition) is 4. The molecule has 4 heteroatoms. The summed E-state index contributed by atoms with van der Waals surface area (Å²) < 4.78 is 5.38. The van der Waals surface area contributed by atoms with Crippen LogP contribution in [0.3, 0.4) is 0 Å². The average molecular weight is 207 g/mol. The topological polar surface area (TPSA) is 47.9 Å². The predicted octanol–water partition coefficient (Wildman–Crippen LogP) is 2.00. The van der Waals surface area contributed by atoms with Crippen molar-refractivity contribution in [1.82, 2.24) is 0 Å². The van der Waals surface area contributed by atoms with Crippen LogP contribution in [0.5, 0.6) is 5.75 Å². The van der Waals surface area contributed by atoms with Crippen molar-refractivity contribution in [3.8, 4) is 5.75 Å². The van der Waals surface area contributed by atoms with Gasteiger partial charge < -0.3 is 9.57 Å². The highest BCUT2D eigenvalue weighted by molar-refractivity contribution is 5.83.